The molecule has 0 bridgehead atoms. The summed E-state index contributed by atoms with van der Waals surface area (Å²) >= 11 is 0. The minimum absolute atomic E-state index is 0.0383. The van der Waals surface area contributed by atoms with Crippen molar-refractivity contribution in [1.29, 1.82) is 0 Å². The average molecular weight is 276 g/mol. The summed E-state index contributed by atoms with van der Waals surface area (Å²) in [5, 5.41) is 10.2. The fraction of sp³-hybridized carbons (Fsp3) is 0.643. The van der Waals surface area contributed by atoms with E-state index < -0.39 is 0 Å². The third-order valence-electron chi connectivity index (χ3n) is 4.14. The molecule has 6 nitrogen and oxygen atoms in total. The van der Waals surface area contributed by atoms with Crippen LogP contribution in [0.25, 0.3) is 0 Å². The van der Waals surface area contributed by atoms with Gasteiger partial charge in [-0.05, 0) is 38.2 Å². The minimum atomic E-state index is -0.0383. The largest absolute Gasteiger partial charge is 0.351 e. The molecule has 0 unspecified atom stereocenters. The Hall–Kier alpha value is -1.85. The second kappa shape index (κ2) is 5.26. The van der Waals surface area contributed by atoms with Crippen LogP contribution in [0.3, 0.4) is 0 Å². The predicted molar refractivity (Wildman–Crippen MR) is 72.8 cm³/mol. The molecule has 0 radical (unpaired) electrons. The van der Waals surface area contributed by atoms with Crippen molar-refractivity contribution in [2.45, 2.75) is 51.2 Å². The number of hydrogen-bond donors (Lipinski definition) is 2. The molecule has 2 heterocycles. The monoisotopic (exact) mass is 276 g/mol. The summed E-state index contributed by atoms with van der Waals surface area (Å²) in [5.41, 5.74) is 0.968. The van der Waals surface area contributed by atoms with Gasteiger partial charge in [0, 0.05) is 24.4 Å². The molecule has 108 valence electrons. The number of carbonyl (C=O) groups is 2. The molecule has 20 heavy (non-hydrogen) atoms. The Kier molecular flexibility index (Phi) is 3.46. The van der Waals surface area contributed by atoms with E-state index in [4.69, 9.17) is 0 Å². The van der Waals surface area contributed by atoms with Crippen molar-refractivity contribution >= 4 is 11.8 Å². The molecule has 2 N–H and O–H groups in total. The maximum Gasteiger partial charge on any atom is 0.242 e. The van der Waals surface area contributed by atoms with Crippen LogP contribution in [0.15, 0.2) is 12.3 Å². The lowest BCUT2D eigenvalue weighted by Crippen LogP contribution is -2.56. The van der Waals surface area contributed by atoms with Crippen molar-refractivity contribution in [2.24, 2.45) is 5.92 Å². The number of rotatable bonds is 4. The van der Waals surface area contributed by atoms with Crippen LogP contribution in [-0.4, -0.2) is 33.7 Å². The number of aromatic nitrogens is 2. The van der Waals surface area contributed by atoms with E-state index in [-0.39, 0.29) is 30.4 Å². The summed E-state index contributed by atoms with van der Waals surface area (Å²) < 4.78 is 1.68. The standard InChI is InChI=1S/C14H20N4O2/c1-9-6-7-15-18(9)8-13(20)16-11-4-5-12(19)17-14(11)10-2-3-10/h6-7,10-11,14H,2-5,8H2,1H3,(H,16,20)(H,17,19)/t11-,14+/m1/s1. The zero-order valence-corrected chi connectivity index (χ0v) is 11.6. The van der Waals surface area contributed by atoms with Crippen molar-refractivity contribution in [1.82, 2.24) is 20.4 Å². The van der Waals surface area contributed by atoms with Gasteiger partial charge in [-0.15, -0.1) is 0 Å². The number of aryl methyl sites for hydroxylation is 1. The number of hydrogen-bond acceptors (Lipinski definition) is 3. The molecule has 1 aliphatic heterocycles. The van der Waals surface area contributed by atoms with Crippen molar-refractivity contribution < 1.29 is 9.59 Å². The topological polar surface area (TPSA) is 76.0 Å². The molecule has 1 aliphatic carbocycles. The molecule has 1 saturated carbocycles. The molecular weight excluding hydrogens is 256 g/mol. The maximum absolute atomic E-state index is 12.1. The molecule has 2 atom stereocenters. The Bertz CT molecular complexity index is 521. The highest BCUT2D eigenvalue weighted by atomic mass is 16.2. The normalized spacial score (nSPS) is 26.1. The highest BCUT2D eigenvalue weighted by Crippen LogP contribution is 2.36. The van der Waals surface area contributed by atoms with Crippen LogP contribution >= 0.6 is 0 Å². The summed E-state index contributed by atoms with van der Waals surface area (Å²) in [5.74, 6) is 0.606. The lowest BCUT2D eigenvalue weighted by atomic mass is 9.94. The molecule has 2 fully saturated rings. The Morgan fingerprint density at radius 3 is 2.95 bits per heavy atom. The summed E-state index contributed by atoms with van der Waals surface area (Å²) in [6.07, 6.45) is 5.22. The number of piperidine rings is 1. The van der Waals surface area contributed by atoms with Crippen molar-refractivity contribution in [3.63, 3.8) is 0 Å². The molecule has 0 aromatic carbocycles. The molecule has 1 saturated heterocycles. The summed E-state index contributed by atoms with van der Waals surface area (Å²) in [6, 6.07) is 2.05. The zero-order valence-electron chi connectivity index (χ0n) is 11.6. The molecule has 6 heteroatoms. The van der Waals surface area contributed by atoms with E-state index in [2.05, 4.69) is 15.7 Å². The van der Waals surface area contributed by atoms with Gasteiger partial charge in [0.1, 0.15) is 6.54 Å². The van der Waals surface area contributed by atoms with Gasteiger partial charge in [-0.2, -0.15) is 5.10 Å². The number of amides is 2. The van der Waals surface area contributed by atoms with Crippen LogP contribution in [0, 0.1) is 12.8 Å². The molecule has 0 spiro atoms. The van der Waals surface area contributed by atoms with Gasteiger partial charge in [0.25, 0.3) is 0 Å². The Balaban J connectivity index is 1.59. The van der Waals surface area contributed by atoms with E-state index in [1.165, 1.54) is 0 Å². The second-order valence-corrected chi connectivity index (χ2v) is 5.77. The Morgan fingerprint density at radius 2 is 2.30 bits per heavy atom. The van der Waals surface area contributed by atoms with Gasteiger partial charge in [0.15, 0.2) is 0 Å². The molecule has 1 aromatic rings. The molecule has 2 amide bonds. The molecule has 2 aliphatic rings. The van der Waals surface area contributed by atoms with E-state index in [1.807, 2.05) is 13.0 Å². The van der Waals surface area contributed by atoms with Gasteiger partial charge in [-0.25, -0.2) is 0 Å². The third kappa shape index (κ3) is 2.84. The van der Waals surface area contributed by atoms with E-state index in [9.17, 15) is 9.59 Å². The van der Waals surface area contributed by atoms with Gasteiger partial charge >= 0.3 is 0 Å². The first-order valence-electron chi connectivity index (χ1n) is 7.20. The predicted octanol–water partition coefficient (Wildman–Crippen LogP) is 0.365. The van der Waals surface area contributed by atoms with Gasteiger partial charge < -0.3 is 10.6 Å². The summed E-state index contributed by atoms with van der Waals surface area (Å²) in [7, 11) is 0. The van der Waals surface area contributed by atoms with Crippen molar-refractivity contribution in [2.75, 3.05) is 0 Å². The molecule has 1 aromatic heterocycles. The smallest absolute Gasteiger partial charge is 0.242 e. The third-order valence-corrected chi connectivity index (χ3v) is 4.14. The summed E-state index contributed by atoms with van der Waals surface area (Å²) in [4.78, 5) is 23.6. The van der Waals surface area contributed by atoms with Crippen LogP contribution < -0.4 is 10.6 Å². The van der Waals surface area contributed by atoms with Gasteiger partial charge in [-0.1, -0.05) is 0 Å². The van der Waals surface area contributed by atoms with Crippen LogP contribution in [0.2, 0.25) is 0 Å². The molecular formula is C14H20N4O2. The first-order valence-corrected chi connectivity index (χ1v) is 7.20. The van der Waals surface area contributed by atoms with Crippen LogP contribution in [0.5, 0.6) is 0 Å². The Morgan fingerprint density at radius 1 is 1.50 bits per heavy atom. The SMILES string of the molecule is Cc1ccnn1CC(=O)N[C@@H]1CCC(=O)N[C@H]1C1CC1. The molecule has 3 rings (SSSR count). The van der Waals surface area contributed by atoms with Crippen LogP contribution in [0.1, 0.15) is 31.4 Å². The fourth-order valence-electron chi connectivity index (χ4n) is 2.84. The average Bonchev–Trinajstić information content (AvgIpc) is 3.17. The zero-order chi connectivity index (χ0) is 14.1. The number of carbonyl (C=O) groups excluding carboxylic acids is 2. The highest BCUT2D eigenvalue weighted by Gasteiger charge is 2.40. The summed E-state index contributed by atoms with van der Waals surface area (Å²) in [6.45, 7) is 2.16. The van der Waals surface area contributed by atoms with Crippen molar-refractivity contribution in [3.8, 4) is 0 Å². The Labute approximate surface area is 117 Å². The first kappa shape index (κ1) is 13.1. The lowest BCUT2D eigenvalue weighted by Gasteiger charge is -2.33. The number of nitrogens with one attached hydrogen (secondary N) is 2. The van der Waals surface area contributed by atoms with Gasteiger partial charge in [-0.3, -0.25) is 14.3 Å². The minimum Gasteiger partial charge on any atom is -0.351 e. The highest BCUT2D eigenvalue weighted by molar-refractivity contribution is 5.79. The fourth-order valence-corrected chi connectivity index (χ4v) is 2.84. The van der Waals surface area contributed by atoms with Gasteiger partial charge in [0.05, 0.1) is 6.04 Å². The van der Waals surface area contributed by atoms with Crippen LogP contribution in [-0.2, 0) is 16.1 Å². The quantitative estimate of drug-likeness (QED) is 0.834. The number of nitrogens with zero attached hydrogens (tertiary/aromatic N) is 2. The van der Waals surface area contributed by atoms with E-state index in [0.29, 0.717) is 12.3 Å². The van der Waals surface area contributed by atoms with E-state index >= 15 is 0 Å². The first-order chi connectivity index (χ1) is 9.63. The van der Waals surface area contributed by atoms with Crippen molar-refractivity contribution in [3.05, 3.63) is 18.0 Å². The van der Waals surface area contributed by atoms with Gasteiger partial charge in [0.2, 0.25) is 11.8 Å². The van der Waals surface area contributed by atoms with E-state index in [0.717, 1.165) is 25.0 Å². The van der Waals surface area contributed by atoms with E-state index in [1.54, 1.807) is 10.9 Å². The van der Waals surface area contributed by atoms with Crippen LogP contribution in [0.4, 0.5) is 0 Å². The lowest BCUT2D eigenvalue weighted by molar-refractivity contribution is -0.127. The second-order valence-electron chi connectivity index (χ2n) is 5.77. The maximum atomic E-state index is 12.1.